The average molecular weight is 282 g/mol. The summed E-state index contributed by atoms with van der Waals surface area (Å²) in [6.45, 7) is 1.86. The molecule has 1 aromatic carbocycles. The Balaban J connectivity index is 2.11. The molecular weight excluding hydrogens is 265 g/mol. The Morgan fingerprint density at radius 2 is 1.90 bits per heavy atom. The lowest BCUT2D eigenvalue weighted by Crippen LogP contribution is -2.26. The third kappa shape index (κ3) is 2.30. The summed E-state index contributed by atoms with van der Waals surface area (Å²) < 4.78 is 40.6. The number of rotatable bonds is 1. The molecule has 1 aliphatic rings. The van der Waals surface area contributed by atoms with Crippen LogP contribution < -0.4 is 5.32 Å². The lowest BCUT2D eigenvalue weighted by atomic mass is 9.89. The van der Waals surface area contributed by atoms with E-state index >= 15 is 0 Å². The van der Waals surface area contributed by atoms with E-state index in [1.807, 2.05) is 17.8 Å². The molecule has 0 amide bonds. The zero-order chi connectivity index (χ0) is 14.3. The van der Waals surface area contributed by atoms with Crippen molar-refractivity contribution >= 4 is 10.9 Å². The number of hydrogen-bond donors (Lipinski definition) is 1. The number of hydrogen-bond acceptors (Lipinski definition) is 1. The first kappa shape index (κ1) is 13.5. The van der Waals surface area contributed by atoms with E-state index in [4.69, 9.17) is 0 Å². The maximum Gasteiger partial charge on any atom is 0.416 e. The van der Waals surface area contributed by atoms with Crippen molar-refractivity contribution in [1.29, 1.82) is 0 Å². The molecular formula is C15H17F3N2. The first-order valence-electron chi connectivity index (χ1n) is 6.83. The third-order valence-corrected chi connectivity index (χ3v) is 4.13. The molecule has 1 N–H and O–H groups in total. The lowest BCUT2D eigenvalue weighted by Gasteiger charge is -2.22. The molecule has 1 aromatic heterocycles. The van der Waals surface area contributed by atoms with Gasteiger partial charge in [0.1, 0.15) is 0 Å². The second-order valence-electron chi connectivity index (χ2n) is 5.45. The van der Waals surface area contributed by atoms with Gasteiger partial charge in [0.15, 0.2) is 0 Å². The molecule has 2 nitrogen and oxygen atoms in total. The molecule has 108 valence electrons. The number of alkyl halides is 3. The van der Waals surface area contributed by atoms with Crippen LogP contribution in [-0.2, 0) is 13.2 Å². The van der Waals surface area contributed by atoms with E-state index in [1.165, 1.54) is 6.07 Å². The van der Waals surface area contributed by atoms with Gasteiger partial charge < -0.3 is 9.88 Å². The molecule has 0 spiro atoms. The topological polar surface area (TPSA) is 17.0 Å². The number of aromatic nitrogens is 1. The first-order valence-corrected chi connectivity index (χ1v) is 6.83. The van der Waals surface area contributed by atoms with Crippen LogP contribution in [0.1, 0.15) is 29.9 Å². The lowest BCUT2D eigenvalue weighted by molar-refractivity contribution is -0.137. The highest BCUT2D eigenvalue weighted by atomic mass is 19.4. The standard InChI is InChI=1S/C15H17F3N2/c1-20-9-13(10-4-6-19-7-5-10)12-8-11(15(16,17)18)2-3-14(12)20/h2-3,8-10,19H,4-7H2,1H3. The zero-order valence-electron chi connectivity index (χ0n) is 11.3. The Morgan fingerprint density at radius 3 is 2.55 bits per heavy atom. The normalized spacial score (nSPS) is 17.8. The average Bonchev–Trinajstić information content (AvgIpc) is 2.76. The summed E-state index contributed by atoms with van der Waals surface area (Å²) in [6.07, 6.45) is -0.332. The Morgan fingerprint density at radius 1 is 1.20 bits per heavy atom. The van der Waals surface area contributed by atoms with E-state index in [9.17, 15) is 13.2 Å². The Kier molecular flexibility index (Phi) is 3.24. The number of nitrogens with zero attached hydrogens (tertiary/aromatic N) is 1. The fraction of sp³-hybridized carbons (Fsp3) is 0.467. The highest BCUT2D eigenvalue weighted by molar-refractivity contribution is 5.85. The molecule has 1 saturated heterocycles. The Bertz CT molecular complexity index is 622. The van der Waals surface area contributed by atoms with Crippen LogP contribution in [0.3, 0.4) is 0 Å². The van der Waals surface area contributed by atoms with Gasteiger partial charge >= 0.3 is 6.18 Å². The third-order valence-electron chi connectivity index (χ3n) is 4.13. The Labute approximate surface area is 115 Å². The minimum Gasteiger partial charge on any atom is -0.350 e. The van der Waals surface area contributed by atoms with E-state index in [0.717, 1.165) is 48.5 Å². The van der Waals surface area contributed by atoms with E-state index in [1.54, 1.807) is 6.07 Å². The predicted molar refractivity (Wildman–Crippen MR) is 72.8 cm³/mol. The summed E-state index contributed by atoms with van der Waals surface area (Å²) in [5.74, 6) is 0.350. The number of nitrogens with one attached hydrogen (secondary N) is 1. The van der Waals surface area contributed by atoms with Crippen molar-refractivity contribution in [2.45, 2.75) is 24.9 Å². The molecule has 0 bridgehead atoms. The van der Waals surface area contributed by atoms with Crippen molar-refractivity contribution in [3.8, 4) is 0 Å². The number of benzene rings is 1. The van der Waals surface area contributed by atoms with Crippen LogP contribution in [0.25, 0.3) is 10.9 Å². The van der Waals surface area contributed by atoms with Gasteiger partial charge in [0.2, 0.25) is 0 Å². The summed E-state index contributed by atoms with van der Waals surface area (Å²) in [4.78, 5) is 0. The van der Waals surface area contributed by atoms with Crippen molar-refractivity contribution < 1.29 is 13.2 Å². The summed E-state index contributed by atoms with van der Waals surface area (Å²) in [5, 5.41) is 4.03. The molecule has 2 heterocycles. The maximum atomic E-state index is 12.9. The second-order valence-corrected chi connectivity index (χ2v) is 5.45. The zero-order valence-corrected chi connectivity index (χ0v) is 11.3. The van der Waals surface area contributed by atoms with Gasteiger partial charge in [0, 0.05) is 24.1 Å². The number of halogens is 3. The highest BCUT2D eigenvalue weighted by Crippen LogP contribution is 2.36. The van der Waals surface area contributed by atoms with Crippen LogP contribution in [0.15, 0.2) is 24.4 Å². The number of piperidine rings is 1. The monoisotopic (exact) mass is 282 g/mol. The fourth-order valence-electron chi connectivity index (χ4n) is 3.06. The van der Waals surface area contributed by atoms with Gasteiger partial charge in [-0.1, -0.05) is 0 Å². The molecule has 1 fully saturated rings. The fourth-order valence-corrected chi connectivity index (χ4v) is 3.06. The molecule has 2 aromatic rings. The molecule has 0 unspecified atom stereocenters. The van der Waals surface area contributed by atoms with Crippen LogP contribution in [0.5, 0.6) is 0 Å². The minimum atomic E-state index is -4.28. The summed E-state index contributed by atoms with van der Waals surface area (Å²) in [6, 6.07) is 4.03. The molecule has 0 saturated carbocycles. The highest BCUT2D eigenvalue weighted by Gasteiger charge is 2.31. The van der Waals surface area contributed by atoms with Crippen LogP contribution >= 0.6 is 0 Å². The van der Waals surface area contributed by atoms with Gasteiger partial charge in [-0.05, 0) is 55.6 Å². The van der Waals surface area contributed by atoms with Gasteiger partial charge in [-0.2, -0.15) is 13.2 Å². The number of fused-ring (bicyclic) bond motifs is 1. The van der Waals surface area contributed by atoms with Crippen molar-refractivity contribution in [3.05, 3.63) is 35.5 Å². The van der Waals surface area contributed by atoms with Crippen molar-refractivity contribution in [2.75, 3.05) is 13.1 Å². The molecule has 1 aliphatic heterocycles. The molecule has 5 heteroatoms. The summed E-state index contributed by atoms with van der Waals surface area (Å²) >= 11 is 0. The van der Waals surface area contributed by atoms with Crippen molar-refractivity contribution in [1.82, 2.24) is 9.88 Å². The summed E-state index contributed by atoms with van der Waals surface area (Å²) in [7, 11) is 1.89. The van der Waals surface area contributed by atoms with Gasteiger partial charge in [-0.3, -0.25) is 0 Å². The second kappa shape index (κ2) is 4.81. The predicted octanol–water partition coefficient (Wildman–Crippen LogP) is 3.66. The molecule has 3 rings (SSSR count). The van der Waals surface area contributed by atoms with E-state index in [2.05, 4.69) is 5.32 Å². The maximum absolute atomic E-state index is 12.9. The van der Waals surface area contributed by atoms with Crippen LogP contribution in [-0.4, -0.2) is 17.7 Å². The van der Waals surface area contributed by atoms with Crippen LogP contribution in [0.2, 0.25) is 0 Å². The van der Waals surface area contributed by atoms with Gasteiger partial charge in [0.25, 0.3) is 0 Å². The largest absolute Gasteiger partial charge is 0.416 e. The van der Waals surface area contributed by atoms with Crippen LogP contribution in [0, 0.1) is 0 Å². The van der Waals surface area contributed by atoms with E-state index < -0.39 is 11.7 Å². The van der Waals surface area contributed by atoms with Crippen LogP contribution in [0.4, 0.5) is 13.2 Å². The minimum absolute atomic E-state index is 0.350. The smallest absolute Gasteiger partial charge is 0.350 e. The molecule has 20 heavy (non-hydrogen) atoms. The van der Waals surface area contributed by atoms with Gasteiger partial charge in [0.05, 0.1) is 5.56 Å². The van der Waals surface area contributed by atoms with Crippen molar-refractivity contribution in [3.63, 3.8) is 0 Å². The summed E-state index contributed by atoms with van der Waals surface area (Å²) in [5.41, 5.74) is 1.35. The quantitative estimate of drug-likeness (QED) is 0.844. The van der Waals surface area contributed by atoms with E-state index in [0.29, 0.717) is 5.92 Å². The first-order chi connectivity index (χ1) is 9.47. The van der Waals surface area contributed by atoms with Gasteiger partial charge in [-0.15, -0.1) is 0 Å². The SMILES string of the molecule is Cn1cc(C2CCNCC2)c2cc(C(F)(F)F)ccc21. The molecule has 0 radical (unpaired) electrons. The van der Waals surface area contributed by atoms with Crippen molar-refractivity contribution in [2.24, 2.45) is 7.05 Å². The molecule has 0 aliphatic carbocycles. The molecule has 0 atom stereocenters. The number of aryl methyl sites for hydroxylation is 1. The van der Waals surface area contributed by atoms with Gasteiger partial charge in [-0.25, -0.2) is 0 Å². The Hall–Kier alpha value is -1.49. The van der Waals surface area contributed by atoms with E-state index in [-0.39, 0.29) is 0 Å².